The average Bonchev–Trinajstić information content (AvgIpc) is 2.53. The molecule has 0 amide bonds. The number of likely N-dealkylation sites (N-methyl/N-ethyl adjacent to an activating group) is 1. The van der Waals surface area contributed by atoms with E-state index >= 15 is 0 Å². The molecular formula is C15H24BrN3O2S. The monoisotopic (exact) mass is 389 g/mol. The number of benzene rings is 1. The van der Waals surface area contributed by atoms with E-state index in [1.165, 1.54) is 0 Å². The Bertz CT molecular complexity index is 569. The fraction of sp³-hybridized carbons (Fsp3) is 0.600. The molecule has 1 fully saturated rings. The van der Waals surface area contributed by atoms with Gasteiger partial charge < -0.3 is 4.90 Å². The molecule has 7 heteroatoms. The van der Waals surface area contributed by atoms with Gasteiger partial charge >= 0.3 is 0 Å². The first-order chi connectivity index (χ1) is 10.4. The van der Waals surface area contributed by atoms with Crippen molar-refractivity contribution in [1.82, 2.24) is 14.5 Å². The zero-order valence-corrected chi connectivity index (χ0v) is 15.5. The molecule has 5 nitrogen and oxygen atoms in total. The van der Waals surface area contributed by atoms with Crippen LogP contribution in [0.5, 0.6) is 0 Å². The van der Waals surface area contributed by atoms with Gasteiger partial charge in [0.05, 0.1) is 4.90 Å². The molecule has 2 rings (SSSR count). The molecule has 22 heavy (non-hydrogen) atoms. The van der Waals surface area contributed by atoms with Crippen LogP contribution >= 0.6 is 15.9 Å². The van der Waals surface area contributed by atoms with E-state index < -0.39 is 10.0 Å². The molecule has 1 atom stereocenters. The molecule has 124 valence electrons. The first-order valence-corrected chi connectivity index (χ1v) is 9.91. The highest BCUT2D eigenvalue weighted by Gasteiger charge is 2.22. The second-order valence-corrected chi connectivity index (χ2v) is 8.31. The van der Waals surface area contributed by atoms with Crippen LogP contribution in [-0.2, 0) is 10.0 Å². The molecule has 1 heterocycles. The Morgan fingerprint density at radius 3 is 2.32 bits per heavy atom. The fourth-order valence-electron chi connectivity index (χ4n) is 2.58. The summed E-state index contributed by atoms with van der Waals surface area (Å²) < 4.78 is 28.1. The van der Waals surface area contributed by atoms with Gasteiger partial charge in [-0.25, -0.2) is 13.1 Å². The predicted octanol–water partition coefficient (Wildman–Crippen LogP) is 1.75. The van der Waals surface area contributed by atoms with E-state index in [1.807, 2.05) is 0 Å². The van der Waals surface area contributed by atoms with E-state index in [-0.39, 0.29) is 6.04 Å². The van der Waals surface area contributed by atoms with Gasteiger partial charge in [0.1, 0.15) is 0 Å². The number of hydrogen-bond acceptors (Lipinski definition) is 4. The summed E-state index contributed by atoms with van der Waals surface area (Å²) in [6.45, 7) is 9.87. The number of nitrogens with one attached hydrogen (secondary N) is 1. The van der Waals surface area contributed by atoms with E-state index in [0.29, 0.717) is 11.4 Å². The number of nitrogens with zero attached hydrogens (tertiary/aromatic N) is 2. The lowest BCUT2D eigenvalue weighted by Crippen LogP contribution is -2.52. The number of halogens is 1. The molecule has 0 aromatic heterocycles. The summed E-state index contributed by atoms with van der Waals surface area (Å²) in [4.78, 5) is 5.06. The van der Waals surface area contributed by atoms with Crippen molar-refractivity contribution in [1.29, 1.82) is 0 Å². The average molecular weight is 390 g/mol. The van der Waals surface area contributed by atoms with Crippen LogP contribution in [0, 0.1) is 0 Å². The van der Waals surface area contributed by atoms with Crippen molar-refractivity contribution in [2.24, 2.45) is 0 Å². The van der Waals surface area contributed by atoms with Crippen molar-refractivity contribution >= 4 is 26.0 Å². The van der Waals surface area contributed by atoms with Crippen LogP contribution < -0.4 is 4.72 Å². The predicted molar refractivity (Wildman–Crippen MR) is 92.5 cm³/mol. The van der Waals surface area contributed by atoms with Gasteiger partial charge in [0, 0.05) is 43.2 Å². The quantitative estimate of drug-likeness (QED) is 0.804. The lowest BCUT2D eigenvalue weighted by molar-refractivity contribution is 0.107. The molecule has 0 spiro atoms. The highest BCUT2D eigenvalue weighted by Crippen LogP contribution is 2.14. The Morgan fingerprint density at radius 1 is 1.18 bits per heavy atom. The molecule has 1 saturated heterocycles. The van der Waals surface area contributed by atoms with Crippen LogP contribution in [0.2, 0.25) is 0 Å². The number of rotatable bonds is 6. The molecule has 1 aromatic carbocycles. The molecule has 0 bridgehead atoms. The van der Waals surface area contributed by atoms with Gasteiger partial charge in [0.2, 0.25) is 10.0 Å². The third-order valence-corrected chi connectivity index (χ3v) is 6.14. The van der Waals surface area contributed by atoms with Gasteiger partial charge in [0.25, 0.3) is 0 Å². The van der Waals surface area contributed by atoms with Crippen molar-refractivity contribution < 1.29 is 8.42 Å². The van der Waals surface area contributed by atoms with E-state index in [4.69, 9.17) is 0 Å². The van der Waals surface area contributed by atoms with Crippen molar-refractivity contribution in [3.63, 3.8) is 0 Å². The number of hydrogen-bond donors (Lipinski definition) is 1. The highest BCUT2D eigenvalue weighted by molar-refractivity contribution is 9.10. The summed E-state index contributed by atoms with van der Waals surface area (Å²) in [6.07, 6.45) is 0. The van der Waals surface area contributed by atoms with Gasteiger partial charge in [-0.2, -0.15) is 0 Å². The van der Waals surface area contributed by atoms with Crippen LogP contribution in [0.4, 0.5) is 0 Å². The van der Waals surface area contributed by atoms with Crippen LogP contribution in [0.1, 0.15) is 13.8 Å². The largest absolute Gasteiger partial charge is 0.301 e. The first kappa shape index (κ1) is 17.9. The Labute approximate surface area is 141 Å². The molecule has 0 unspecified atom stereocenters. The van der Waals surface area contributed by atoms with E-state index in [0.717, 1.165) is 37.2 Å². The standard InChI is InChI=1S/C15H24BrN3O2S/c1-3-18-8-10-19(11-9-18)13(2)12-17-22(20,21)15-6-4-14(16)5-7-15/h4-7,13,17H,3,8-12H2,1-2H3/t13-/m1/s1. The van der Waals surface area contributed by atoms with E-state index in [2.05, 4.69) is 44.3 Å². The highest BCUT2D eigenvalue weighted by atomic mass is 79.9. The molecule has 0 aliphatic carbocycles. The van der Waals surface area contributed by atoms with Crippen molar-refractivity contribution in [2.75, 3.05) is 39.3 Å². The number of sulfonamides is 1. The smallest absolute Gasteiger partial charge is 0.240 e. The summed E-state index contributed by atoms with van der Waals surface area (Å²) in [7, 11) is -3.43. The molecule has 1 aliphatic heterocycles. The second kappa shape index (κ2) is 7.88. The van der Waals surface area contributed by atoms with Crippen LogP contribution in [0.25, 0.3) is 0 Å². The fourth-order valence-corrected chi connectivity index (χ4v) is 3.96. The SMILES string of the molecule is CCN1CCN([C@H](C)CNS(=O)(=O)c2ccc(Br)cc2)CC1. The summed E-state index contributed by atoms with van der Waals surface area (Å²) in [5.41, 5.74) is 0. The molecule has 1 aliphatic rings. The second-order valence-electron chi connectivity index (χ2n) is 5.63. The molecule has 1 aromatic rings. The van der Waals surface area contributed by atoms with Gasteiger partial charge in [-0.15, -0.1) is 0 Å². The van der Waals surface area contributed by atoms with Gasteiger partial charge in [-0.3, -0.25) is 4.90 Å². The van der Waals surface area contributed by atoms with Crippen LogP contribution in [0.15, 0.2) is 33.6 Å². The Morgan fingerprint density at radius 2 is 1.77 bits per heavy atom. The van der Waals surface area contributed by atoms with Crippen molar-refractivity contribution in [3.8, 4) is 0 Å². The maximum Gasteiger partial charge on any atom is 0.240 e. The number of piperazine rings is 1. The topological polar surface area (TPSA) is 52.6 Å². The zero-order chi connectivity index (χ0) is 16.2. The summed E-state index contributed by atoms with van der Waals surface area (Å²) in [6, 6.07) is 6.89. The Hall–Kier alpha value is -0.470. The van der Waals surface area contributed by atoms with Crippen molar-refractivity contribution in [2.45, 2.75) is 24.8 Å². The molecule has 1 N–H and O–H groups in total. The summed E-state index contributed by atoms with van der Waals surface area (Å²) in [5.74, 6) is 0. The van der Waals surface area contributed by atoms with Crippen LogP contribution in [-0.4, -0.2) is 63.5 Å². The van der Waals surface area contributed by atoms with E-state index in [9.17, 15) is 8.42 Å². The molecular weight excluding hydrogens is 366 g/mol. The maximum absolute atomic E-state index is 12.3. The Kier molecular flexibility index (Phi) is 6.40. The molecule has 0 radical (unpaired) electrons. The molecule has 0 saturated carbocycles. The third kappa shape index (κ3) is 4.76. The lowest BCUT2D eigenvalue weighted by Gasteiger charge is -2.37. The van der Waals surface area contributed by atoms with Gasteiger partial charge in [-0.1, -0.05) is 22.9 Å². The summed E-state index contributed by atoms with van der Waals surface area (Å²) >= 11 is 3.31. The minimum atomic E-state index is -3.43. The van der Waals surface area contributed by atoms with E-state index in [1.54, 1.807) is 24.3 Å². The zero-order valence-electron chi connectivity index (χ0n) is 13.1. The summed E-state index contributed by atoms with van der Waals surface area (Å²) in [5, 5.41) is 0. The normalized spacial score (nSPS) is 19.2. The van der Waals surface area contributed by atoms with Gasteiger partial charge in [-0.05, 0) is 37.7 Å². The van der Waals surface area contributed by atoms with Crippen LogP contribution in [0.3, 0.4) is 0 Å². The Balaban J connectivity index is 1.87. The lowest BCUT2D eigenvalue weighted by atomic mass is 10.2. The van der Waals surface area contributed by atoms with Crippen molar-refractivity contribution in [3.05, 3.63) is 28.7 Å². The minimum absolute atomic E-state index is 0.198. The third-order valence-electron chi connectivity index (χ3n) is 4.17. The minimum Gasteiger partial charge on any atom is -0.301 e. The first-order valence-electron chi connectivity index (χ1n) is 7.64. The maximum atomic E-state index is 12.3. The van der Waals surface area contributed by atoms with Gasteiger partial charge in [0.15, 0.2) is 0 Å².